The summed E-state index contributed by atoms with van der Waals surface area (Å²) in [6, 6.07) is 9.61. The Morgan fingerprint density at radius 3 is 2.59 bits per heavy atom. The van der Waals surface area contributed by atoms with Crippen molar-refractivity contribution in [1.29, 1.82) is 0 Å². The molecule has 192 valence electrons. The number of halogens is 3. The molecule has 1 saturated heterocycles. The van der Waals surface area contributed by atoms with Gasteiger partial charge in [0, 0.05) is 24.0 Å². The van der Waals surface area contributed by atoms with Gasteiger partial charge in [0.15, 0.2) is 0 Å². The van der Waals surface area contributed by atoms with E-state index < -0.39 is 18.3 Å². The summed E-state index contributed by atoms with van der Waals surface area (Å²) >= 11 is 0. The molecule has 2 aromatic carbocycles. The van der Waals surface area contributed by atoms with E-state index in [0.717, 1.165) is 0 Å². The Bertz CT molecular complexity index is 1360. The zero-order valence-electron chi connectivity index (χ0n) is 19.2. The zero-order valence-corrected chi connectivity index (χ0v) is 19.2. The Morgan fingerprint density at radius 1 is 1.08 bits per heavy atom. The van der Waals surface area contributed by atoms with E-state index in [2.05, 4.69) is 20.4 Å². The molecule has 1 fully saturated rings. The van der Waals surface area contributed by atoms with E-state index in [1.807, 2.05) is 0 Å². The van der Waals surface area contributed by atoms with Crippen LogP contribution in [0, 0.1) is 0 Å². The van der Waals surface area contributed by atoms with E-state index in [1.165, 1.54) is 33.8 Å². The van der Waals surface area contributed by atoms with Gasteiger partial charge in [0.1, 0.15) is 17.5 Å². The molecule has 13 heteroatoms. The Kier molecular flexibility index (Phi) is 6.27. The van der Waals surface area contributed by atoms with Crippen molar-refractivity contribution in [3.63, 3.8) is 0 Å². The number of nitrogens with one attached hydrogen (secondary N) is 1. The Hall–Kier alpha value is -4.42. The molecule has 0 radical (unpaired) electrons. The van der Waals surface area contributed by atoms with E-state index in [-0.39, 0.29) is 43.6 Å². The van der Waals surface area contributed by atoms with Crippen LogP contribution in [0.15, 0.2) is 48.7 Å². The molecule has 3 heterocycles. The van der Waals surface area contributed by atoms with E-state index in [4.69, 9.17) is 4.74 Å². The van der Waals surface area contributed by atoms with Crippen molar-refractivity contribution in [1.82, 2.24) is 25.2 Å². The highest BCUT2D eigenvalue weighted by Crippen LogP contribution is 2.33. The van der Waals surface area contributed by atoms with Gasteiger partial charge in [-0.05, 0) is 42.8 Å². The number of hydrogen-bond donors (Lipinski definition) is 1. The van der Waals surface area contributed by atoms with E-state index in [9.17, 15) is 27.6 Å². The minimum atomic E-state index is -4.77. The summed E-state index contributed by atoms with van der Waals surface area (Å²) in [4.78, 5) is 38.1. The lowest BCUT2D eigenvalue weighted by Gasteiger charge is -2.29. The first kappa shape index (κ1) is 24.3. The van der Waals surface area contributed by atoms with Crippen LogP contribution < -0.4 is 14.8 Å². The fraction of sp³-hybridized carbons (Fsp3) is 0.292. The molecule has 2 aliphatic rings. The molecule has 10 nitrogen and oxygen atoms in total. The summed E-state index contributed by atoms with van der Waals surface area (Å²) in [6.07, 6.45) is -2.31. The van der Waals surface area contributed by atoms with Crippen LogP contribution in [0.3, 0.4) is 0 Å². The first-order chi connectivity index (χ1) is 17.7. The van der Waals surface area contributed by atoms with Crippen LogP contribution in [0.1, 0.15) is 34.5 Å². The SMILES string of the molecule is O=C1CCC(N2Cc3c(OCCc4cn(-c5ccc(OC(F)(F)F)cc5)nn4)cccc3C2=O)C(=O)N1. The van der Waals surface area contributed by atoms with Crippen molar-refractivity contribution >= 4 is 17.7 Å². The van der Waals surface area contributed by atoms with Crippen LogP contribution in [0.25, 0.3) is 5.69 Å². The lowest BCUT2D eigenvalue weighted by atomic mass is 10.0. The number of ether oxygens (including phenoxy) is 2. The standard InChI is InChI=1S/C24H20F3N5O5/c25-24(26,27)37-16-6-4-15(5-7-16)32-12-14(29-30-32)10-11-36-20-3-1-2-17-18(20)13-31(23(17)35)19-8-9-21(33)28-22(19)34/h1-7,12,19H,8-11,13H2,(H,28,33,34). The van der Waals surface area contributed by atoms with E-state index >= 15 is 0 Å². The number of imide groups is 1. The smallest absolute Gasteiger partial charge is 0.493 e. The van der Waals surface area contributed by atoms with Crippen LogP contribution in [0.4, 0.5) is 13.2 Å². The van der Waals surface area contributed by atoms with E-state index in [1.54, 1.807) is 24.4 Å². The van der Waals surface area contributed by atoms with Crippen LogP contribution in [0.2, 0.25) is 0 Å². The van der Waals surface area contributed by atoms with Crippen molar-refractivity contribution in [2.75, 3.05) is 6.61 Å². The van der Waals surface area contributed by atoms with Crippen molar-refractivity contribution in [3.8, 4) is 17.2 Å². The number of carbonyl (C=O) groups excluding carboxylic acids is 3. The summed E-state index contributed by atoms with van der Waals surface area (Å²) in [6.45, 7) is 0.418. The summed E-state index contributed by atoms with van der Waals surface area (Å²) in [7, 11) is 0. The molecule has 2 aliphatic heterocycles. The second kappa shape index (κ2) is 9.56. The number of fused-ring (bicyclic) bond motifs is 1. The number of carbonyl (C=O) groups is 3. The maximum absolute atomic E-state index is 12.9. The fourth-order valence-electron chi connectivity index (χ4n) is 4.30. The van der Waals surface area contributed by atoms with Gasteiger partial charge in [-0.25, -0.2) is 4.68 Å². The van der Waals surface area contributed by atoms with Gasteiger partial charge < -0.3 is 14.4 Å². The number of benzene rings is 2. The molecule has 0 bridgehead atoms. The fourth-order valence-corrected chi connectivity index (χ4v) is 4.30. The molecule has 5 rings (SSSR count). The molecule has 1 atom stereocenters. The van der Waals surface area contributed by atoms with Crippen molar-refractivity contribution in [3.05, 3.63) is 65.5 Å². The average molecular weight is 515 g/mol. The molecular weight excluding hydrogens is 495 g/mol. The molecule has 1 unspecified atom stereocenters. The zero-order chi connectivity index (χ0) is 26.2. The molecule has 3 aromatic rings. The minimum Gasteiger partial charge on any atom is -0.493 e. The second-order valence-corrected chi connectivity index (χ2v) is 8.48. The van der Waals surface area contributed by atoms with Gasteiger partial charge in [-0.2, -0.15) is 0 Å². The Balaban J connectivity index is 1.20. The summed E-state index contributed by atoms with van der Waals surface area (Å²) in [5.41, 5.74) is 2.21. The van der Waals surface area contributed by atoms with Crippen molar-refractivity contribution in [2.24, 2.45) is 0 Å². The summed E-state index contributed by atoms with van der Waals surface area (Å²) < 4.78 is 48.2. The third-order valence-electron chi connectivity index (χ3n) is 6.03. The van der Waals surface area contributed by atoms with Crippen molar-refractivity contribution < 1.29 is 37.0 Å². The van der Waals surface area contributed by atoms with Gasteiger partial charge in [0.05, 0.1) is 30.7 Å². The number of piperidine rings is 1. The molecule has 1 aromatic heterocycles. The number of aromatic nitrogens is 3. The van der Waals surface area contributed by atoms with Crippen LogP contribution in [-0.4, -0.2) is 56.6 Å². The molecular formula is C24H20F3N5O5. The number of hydrogen-bond acceptors (Lipinski definition) is 7. The molecule has 0 aliphatic carbocycles. The largest absolute Gasteiger partial charge is 0.573 e. The van der Waals surface area contributed by atoms with Gasteiger partial charge in [0.25, 0.3) is 5.91 Å². The average Bonchev–Trinajstić information content (AvgIpc) is 3.44. The maximum Gasteiger partial charge on any atom is 0.573 e. The molecule has 0 saturated carbocycles. The van der Waals surface area contributed by atoms with Gasteiger partial charge >= 0.3 is 6.36 Å². The molecule has 3 amide bonds. The quantitative estimate of drug-likeness (QED) is 0.481. The number of rotatable bonds is 7. The highest BCUT2D eigenvalue weighted by molar-refractivity contribution is 6.05. The molecule has 0 spiro atoms. The van der Waals surface area contributed by atoms with Gasteiger partial charge in [-0.15, -0.1) is 18.3 Å². The number of nitrogens with zero attached hydrogens (tertiary/aromatic N) is 4. The first-order valence-electron chi connectivity index (χ1n) is 11.3. The number of amides is 3. The third-order valence-corrected chi connectivity index (χ3v) is 6.03. The van der Waals surface area contributed by atoms with E-state index in [0.29, 0.717) is 34.7 Å². The Labute approximate surface area is 207 Å². The monoisotopic (exact) mass is 515 g/mol. The second-order valence-electron chi connectivity index (χ2n) is 8.48. The highest BCUT2D eigenvalue weighted by atomic mass is 19.4. The van der Waals surface area contributed by atoms with Crippen molar-refractivity contribution in [2.45, 2.75) is 38.2 Å². The maximum atomic E-state index is 12.9. The first-order valence-corrected chi connectivity index (χ1v) is 11.3. The topological polar surface area (TPSA) is 116 Å². The van der Waals surface area contributed by atoms with Gasteiger partial charge in [-0.3, -0.25) is 19.7 Å². The minimum absolute atomic E-state index is 0.173. The van der Waals surface area contributed by atoms with Crippen LogP contribution >= 0.6 is 0 Å². The van der Waals surface area contributed by atoms with Crippen LogP contribution in [-0.2, 0) is 22.6 Å². The highest BCUT2D eigenvalue weighted by Gasteiger charge is 2.40. The van der Waals surface area contributed by atoms with Gasteiger partial charge in [-0.1, -0.05) is 11.3 Å². The molecule has 37 heavy (non-hydrogen) atoms. The predicted octanol–water partition coefficient (Wildman–Crippen LogP) is 2.55. The lowest BCUT2D eigenvalue weighted by molar-refractivity contribution is -0.274. The van der Waals surface area contributed by atoms with Gasteiger partial charge in [0.2, 0.25) is 11.8 Å². The summed E-state index contributed by atoms with van der Waals surface area (Å²) in [5, 5.41) is 10.3. The van der Waals surface area contributed by atoms with Crippen LogP contribution in [0.5, 0.6) is 11.5 Å². The molecule has 1 N–H and O–H groups in total. The Morgan fingerprint density at radius 2 is 1.86 bits per heavy atom. The predicted molar refractivity (Wildman–Crippen MR) is 120 cm³/mol. The lowest BCUT2D eigenvalue weighted by Crippen LogP contribution is -2.52. The number of alkyl halides is 3. The summed E-state index contributed by atoms with van der Waals surface area (Å²) in [5.74, 6) is -0.947. The normalized spacial score (nSPS) is 17.5. The third kappa shape index (κ3) is 5.25.